The number of carbonyl (C=O) groups excluding carboxylic acids is 4. The van der Waals surface area contributed by atoms with Gasteiger partial charge in [-0.25, -0.2) is 0 Å². The Labute approximate surface area is 249 Å². The van der Waals surface area contributed by atoms with Crippen LogP contribution in [0.4, 0.5) is 13.2 Å². The van der Waals surface area contributed by atoms with Crippen molar-refractivity contribution in [1.82, 2.24) is 20.4 Å². The first-order valence-corrected chi connectivity index (χ1v) is 14.2. The molecule has 2 atom stereocenters. The molecule has 0 aliphatic heterocycles. The van der Waals surface area contributed by atoms with E-state index in [4.69, 9.17) is 11.5 Å². The molecule has 236 valence electrons. The van der Waals surface area contributed by atoms with Crippen LogP contribution in [0, 0.1) is 0 Å². The molecule has 0 radical (unpaired) electrons. The Bertz CT molecular complexity index is 1190. The minimum Gasteiger partial charge on any atom is -0.350 e. The monoisotopic (exact) mass is 606 g/mol. The van der Waals surface area contributed by atoms with Crippen molar-refractivity contribution in [3.05, 3.63) is 71.3 Å². The van der Waals surface area contributed by atoms with Crippen molar-refractivity contribution in [3.63, 3.8) is 0 Å². The molecular formula is C30H41F3N6O4. The molecule has 0 fully saturated rings. The maximum absolute atomic E-state index is 13.4. The standard InChI is InChI=1S/C30H41F3N6O4/c1-3-17-39(18-15-34)26(40)20-24(35)28(42)37-25(14-9-21-7-5-4-6-8-21)29(43)38(2)19-16-36-27(41)22-10-12-23(13-11-22)30(31,32)33/h4-8,10-13,24-25H,3,9,14-20,34-35H2,1-2H3,(H,36,41)(H,37,42). The molecule has 0 saturated carbocycles. The average Bonchev–Trinajstić information content (AvgIpc) is 2.98. The highest BCUT2D eigenvalue weighted by molar-refractivity contribution is 5.94. The maximum atomic E-state index is 13.4. The highest BCUT2D eigenvalue weighted by atomic mass is 19.4. The van der Waals surface area contributed by atoms with Gasteiger partial charge in [0.2, 0.25) is 17.7 Å². The molecular weight excluding hydrogens is 565 g/mol. The van der Waals surface area contributed by atoms with E-state index < -0.39 is 41.5 Å². The van der Waals surface area contributed by atoms with Gasteiger partial charge in [0.25, 0.3) is 5.91 Å². The summed E-state index contributed by atoms with van der Waals surface area (Å²) in [6.07, 6.45) is -3.29. The molecule has 43 heavy (non-hydrogen) atoms. The van der Waals surface area contributed by atoms with E-state index in [0.717, 1.165) is 36.2 Å². The van der Waals surface area contributed by atoms with Crippen molar-refractivity contribution in [2.24, 2.45) is 11.5 Å². The fourth-order valence-corrected chi connectivity index (χ4v) is 4.31. The van der Waals surface area contributed by atoms with Crippen LogP contribution >= 0.6 is 0 Å². The molecule has 0 bridgehead atoms. The topological polar surface area (TPSA) is 151 Å². The van der Waals surface area contributed by atoms with Crippen LogP contribution in [0.5, 0.6) is 0 Å². The first kappa shape index (κ1) is 35.2. The third-order valence-electron chi connectivity index (χ3n) is 6.74. The molecule has 0 spiro atoms. The predicted octanol–water partition coefficient (Wildman–Crippen LogP) is 1.93. The number of halogens is 3. The molecule has 2 aromatic rings. The van der Waals surface area contributed by atoms with E-state index >= 15 is 0 Å². The summed E-state index contributed by atoms with van der Waals surface area (Å²) in [5.74, 6) is -1.97. The van der Waals surface area contributed by atoms with E-state index in [1.165, 1.54) is 11.9 Å². The van der Waals surface area contributed by atoms with Crippen molar-refractivity contribution in [1.29, 1.82) is 0 Å². The quantitative estimate of drug-likeness (QED) is 0.229. The molecule has 0 saturated heterocycles. The Kier molecular flexibility index (Phi) is 14.1. The first-order chi connectivity index (χ1) is 20.4. The summed E-state index contributed by atoms with van der Waals surface area (Å²) in [5.41, 5.74) is 11.8. The number of alkyl halides is 3. The van der Waals surface area contributed by atoms with E-state index in [9.17, 15) is 32.3 Å². The number of nitrogens with two attached hydrogens (primary N) is 2. The van der Waals surface area contributed by atoms with Gasteiger partial charge >= 0.3 is 6.18 Å². The van der Waals surface area contributed by atoms with Crippen LogP contribution in [0.25, 0.3) is 0 Å². The van der Waals surface area contributed by atoms with Gasteiger partial charge in [-0.1, -0.05) is 37.3 Å². The Morgan fingerprint density at radius 1 is 0.953 bits per heavy atom. The Morgan fingerprint density at radius 2 is 1.60 bits per heavy atom. The number of hydrogen-bond acceptors (Lipinski definition) is 6. The fourth-order valence-electron chi connectivity index (χ4n) is 4.31. The van der Waals surface area contributed by atoms with Crippen LogP contribution < -0.4 is 22.1 Å². The van der Waals surface area contributed by atoms with Crippen molar-refractivity contribution >= 4 is 23.6 Å². The third kappa shape index (κ3) is 11.7. The van der Waals surface area contributed by atoms with Crippen molar-refractivity contribution in [3.8, 4) is 0 Å². The number of rotatable bonds is 16. The molecule has 2 unspecified atom stereocenters. The zero-order valence-corrected chi connectivity index (χ0v) is 24.5. The first-order valence-electron chi connectivity index (χ1n) is 14.2. The van der Waals surface area contributed by atoms with Crippen LogP contribution in [-0.2, 0) is 27.0 Å². The lowest BCUT2D eigenvalue weighted by atomic mass is 10.0. The van der Waals surface area contributed by atoms with Crippen LogP contribution in [0.1, 0.15) is 47.7 Å². The highest BCUT2D eigenvalue weighted by Crippen LogP contribution is 2.29. The Balaban J connectivity index is 2.01. The Morgan fingerprint density at radius 3 is 2.19 bits per heavy atom. The molecule has 4 amide bonds. The van der Waals surface area contributed by atoms with Gasteiger partial charge in [0.15, 0.2) is 0 Å². The zero-order chi connectivity index (χ0) is 32.0. The van der Waals surface area contributed by atoms with Crippen LogP contribution in [0.2, 0.25) is 0 Å². The second-order valence-corrected chi connectivity index (χ2v) is 10.2. The summed E-state index contributed by atoms with van der Waals surface area (Å²) in [6, 6.07) is 11.0. The maximum Gasteiger partial charge on any atom is 0.416 e. The second-order valence-electron chi connectivity index (χ2n) is 10.2. The summed E-state index contributed by atoms with van der Waals surface area (Å²) >= 11 is 0. The summed E-state index contributed by atoms with van der Waals surface area (Å²) in [5, 5.41) is 5.27. The lowest BCUT2D eigenvalue weighted by Gasteiger charge is -2.27. The lowest BCUT2D eigenvalue weighted by Crippen LogP contribution is -2.53. The smallest absolute Gasteiger partial charge is 0.350 e. The van der Waals surface area contributed by atoms with E-state index in [-0.39, 0.29) is 43.9 Å². The number of nitrogens with zero attached hydrogens (tertiary/aromatic N) is 2. The number of nitrogens with one attached hydrogen (secondary N) is 2. The van der Waals surface area contributed by atoms with Gasteiger partial charge < -0.3 is 31.9 Å². The van der Waals surface area contributed by atoms with E-state index in [0.29, 0.717) is 19.5 Å². The highest BCUT2D eigenvalue weighted by Gasteiger charge is 2.30. The summed E-state index contributed by atoms with van der Waals surface area (Å²) in [6.45, 7) is 3.12. The number of aryl methyl sites for hydroxylation is 1. The van der Waals surface area contributed by atoms with Crippen LogP contribution in [0.3, 0.4) is 0 Å². The SMILES string of the molecule is CCCN(CCN)C(=O)CC(N)C(=O)NC(CCc1ccccc1)C(=O)N(C)CCNC(=O)c1ccc(C(F)(F)F)cc1. The molecule has 6 N–H and O–H groups in total. The molecule has 13 heteroatoms. The number of amides is 4. The zero-order valence-electron chi connectivity index (χ0n) is 24.5. The van der Waals surface area contributed by atoms with Crippen LogP contribution in [0.15, 0.2) is 54.6 Å². The number of benzene rings is 2. The summed E-state index contributed by atoms with van der Waals surface area (Å²) < 4.78 is 38.3. The van der Waals surface area contributed by atoms with E-state index in [1.54, 1.807) is 4.90 Å². The summed E-state index contributed by atoms with van der Waals surface area (Å²) in [4.78, 5) is 54.3. The van der Waals surface area contributed by atoms with Gasteiger partial charge in [-0.15, -0.1) is 0 Å². The summed E-state index contributed by atoms with van der Waals surface area (Å²) in [7, 11) is 1.51. The molecule has 2 aromatic carbocycles. The van der Waals surface area contributed by atoms with Gasteiger partial charge in [-0.2, -0.15) is 13.2 Å². The molecule has 0 aromatic heterocycles. The normalized spacial score (nSPS) is 12.6. The largest absolute Gasteiger partial charge is 0.416 e. The lowest BCUT2D eigenvalue weighted by molar-refractivity contribution is -0.138. The van der Waals surface area contributed by atoms with Gasteiger partial charge in [-0.3, -0.25) is 19.2 Å². The average molecular weight is 607 g/mol. The molecule has 2 rings (SSSR count). The van der Waals surface area contributed by atoms with Crippen molar-refractivity contribution in [2.45, 2.75) is 50.9 Å². The number of hydrogen-bond donors (Lipinski definition) is 4. The van der Waals surface area contributed by atoms with Crippen molar-refractivity contribution < 1.29 is 32.3 Å². The van der Waals surface area contributed by atoms with E-state index in [1.807, 2.05) is 37.3 Å². The van der Waals surface area contributed by atoms with Crippen LogP contribution in [-0.4, -0.2) is 85.3 Å². The van der Waals surface area contributed by atoms with Gasteiger partial charge in [0.1, 0.15) is 6.04 Å². The number of carbonyl (C=O) groups is 4. The predicted molar refractivity (Wildman–Crippen MR) is 157 cm³/mol. The minimum atomic E-state index is -4.51. The van der Waals surface area contributed by atoms with Gasteiger partial charge in [0, 0.05) is 45.3 Å². The third-order valence-corrected chi connectivity index (χ3v) is 6.74. The van der Waals surface area contributed by atoms with Gasteiger partial charge in [-0.05, 0) is 49.1 Å². The van der Waals surface area contributed by atoms with Gasteiger partial charge in [0.05, 0.1) is 18.0 Å². The van der Waals surface area contributed by atoms with E-state index in [2.05, 4.69) is 10.6 Å². The second kappa shape index (κ2) is 17.2. The Hall–Kier alpha value is -3.97. The minimum absolute atomic E-state index is 0.0177. The number of likely N-dealkylation sites (N-methyl/N-ethyl adjacent to an activating group) is 1. The molecule has 10 nitrogen and oxygen atoms in total. The fraction of sp³-hybridized carbons (Fsp3) is 0.467. The molecule has 0 heterocycles. The molecule has 0 aliphatic carbocycles. The van der Waals surface area contributed by atoms with Crippen molar-refractivity contribution in [2.75, 3.05) is 39.8 Å². The molecule has 0 aliphatic rings.